The number of hydrogen-bond donors (Lipinski definition) is 1. The molecule has 8 nitrogen and oxygen atoms in total. The lowest BCUT2D eigenvalue weighted by Gasteiger charge is -2.29. The van der Waals surface area contributed by atoms with E-state index in [4.69, 9.17) is 14.2 Å². The van der Waals surface area contributed by atoms with E-state index in [0.717, 1.165) is 0 Å². The number of ether oxygens (including phenoxy) is 3. The van der Waals surface area contributed by atoms with Crippen molar-refractivity contribution in [2.24, 2.45) is 0 Å². The molecule has 0 aromatic heterocycles. The Labute approximate surface area is 171 Å². The number of anilines is 1. The zero-order valence-electron chi connectivity index (χ0n) is 16.3. The van der Waals surface area contributed by atoms with Gasteiger partial charge in [-0.05, 0) is 42.8 Å². The Kier molecular flexibility index (Phi) is 5.03. The summed E-state index contributed by atoms with van der Waals surface area (Å²) in [6, 6.07) is 7.68. The second kappa shape index (κ2) is 7.66. The number of nitrogens with one attached hydrogen (secondary N) is 1. The number of likely N-dealkylation sites (tertiary alicyclic amines) is 1. The van der Waals surface area contributed by atoms with E-state index in [2.05, 4.69) is 5.32 Å². The molecule has 4 rings (SSSR count). The van der Waals surface area contributed by atoms with E-state index in [9.17, 15) is 18.8 Å². The van der Waals surface area contributed by atoms with Crippen LogP contribution in [0.25, 0.3) is 0 Å². The van der Waals surface area contributed by atoms with E-state index in [-0.39, 0.29) is 30.1 Å². The smallest absolute Gasteiger partial charge is 0.344 e. The second-order valence-corrected chi connectivity index (χ2v) is 6.87. The summed E-state index contributed by atoms with van der Waals surface area (Å²) in [5.41, 5.74) is 0.989. The standard InChI is InChI=1S/C21H19FN2O6/c1-28-15-9-7-13-17(18(15)29-2)21(27)30-20(13)24-14(8-10-16(24)25)19(26)23-12-5-3-11(22)4-6-12/h3-7,9,14,20H,8,10H2,1-2H3,(H,23,26)/t14-,20?/m0/s1. The number of nitrogens with zero attached hydrogens (tertiary/aromatic N) is 1. The number of amides is 2. The van der Waals surface area contributed by atoms with Gasteiger partial charge in [-0.15, -0.1) is 0 Å². The van der Waals surface area contributed by atoms with Crippen molar-refractivity contribution in [3.63, 3.8) is 0 Å². The highest BCUT2D eigenvalue weighted by Gasteiger charge is 2.47. The summed E-state index contributed by atoms with van der Waals surface area (Å²) < 4.78 is 29.1. The molecule has 156 valence electrons. The summed E-state index contributed by atoms with van der Waals surface area (Å²) >= 11 is 0. The third kappa shape index (κ3) is 3.22. The first-order chi connectivity index (χ1) is 14.4. The van der Waals surface area contributed by atoms with Crippen LogP contribution in [0.1, 0.15) is 35.0 Å². The summed E-state index contributed by atoms with van der Waals surface area (Å²) in [6.07, 6.45) is -0.646. The number of cyclic esters (lactones) is 1. The fourth-order valence-electron chi connectivity index (χ4n) is 3.80. The monoisotopic (exact) mass is 414 g/mol. The number of carbonyl (C=O) groups excluding carboxylic acids is 3. The van der Waals surface area contributed by atoms with Crippen molar-refractivity contribution in [2.75, 3.05) is 19.5 Å². The molecule has 1 N–H and O–H groups in total. The molecular formula is C21H19FN2O6. The predicted octanol–water partition coefficient (Wildman–Crippen LogP) is 2.64. The molecule has 30 heavy (non-hydrogen) atoms. The molecule has 1 unspecified atom stereocenters. The third-order valence-corrected chi connectivity index (χ3v) is 5.19. The van der Waals surface area contributed by atoms with E-state index < -0.39 is 30.0 Å². The van der Waals surface area contributed by atoms with Crippen LogP contribution >= 0.6 is 0 Å². The SMILES string of the molecule is COc1ccc2c(c1OC)C(=O)OC2N1C(=O)CC[C@H]1C(=O)Nc1ccc(F)cc1. The Balaban J connectivity index is 1.64. The van der Waals surface area contributed by atoms with E-state index in [1.54, 1.807) is 12.1 Å². The zero-order valence-corrected chi connectivity index (χ0v) is 16.3. The van der Waals surface area contributed by atoms with Crippen molar-refractivity contribution < 1.29 is 33.0 Å². The molecule has 2 aromatic rings. The van der Waals surface area contributed by atoms with Crippen LogP contribution in [0.15, 0.2) is 36.4 Å². The molecule has 1 saturated heterocycles. The number of halogens is 1. The lowest BCUT2D eigenvalue weighted by molar-refractivity contribution is -0.144. The molecule has 9 heteroatoms. The van der Waals surface area contributed by atoms with Gasteiger partial charge in [0.2, 0.25) is 18.0 Å². The molecule has 1 fully saturated rings. The van der Waals surface area contributed by atoms with E-state index in [1.165, 1.54) is 43.4 Å². The quantitative estimate of drug-likeness (QED) is 0.756. The van der Waals surface area contributed by atoms with Gasteiger partial charge in [0.25, 0.3) is 0 Å². The molecular weight excluding hydrogens is 395 g/mol. The minimum atomic E-state index is -1.05. The largest absolute Gasteiger partial charge is 0.493 e. The number of esters is 1. The van der Waals surface area contributed by atoms with Gasteiger partial charge in [0.15, 0.2) is 11.5 Å². The van der Waals surface area contributed by atoms with Crippen LogP contribution in [0.3, 0.4) is 0 Å². The first-order valence-corrected chi connectivity index (χ1v) is 9.28. The Morgan fingerprint density at radius 1 is 1.13 bits per heavy atom. The topological polar surface area (TPSA) is 94.2 Å². The molecule has 2 aliphatic rings. The fourth-order valence-corrected chi connectivity index (χ4v) is 3.80. The highest BCUT2D eigenvalue weighted by molar-refractivity contribution is 6.01. The molecule has 0 radical (unpaired) electrons. The minimum absolute atomic E-state index is 0.137. The number of carbonyl (C=O) groups is 3. The minimum Gasteiger partial charge on any atom is -0.493 e. The van der Waals surface area contributed by atoms with Crippen molar-refractivity contribution in [3.8, 4) is 11.5 Å². The highest BCUT2D eigenvalue weighted by atomic mass is 19.1. The third-order valence-electron chi connectivity index (χ3n) is 5.19. The Morgan fingerprint density at radius 3 is 2.53 bits per heavy atom. The second-order valence-electron chi connectivity index (χ2n) is 6.87. The average molecular weight is 414 g/mol. The van der Waals surface area contributed by atoms with Gasteiger partial charge in [-0.3, -0.25) is 14.5 Å². The van der Waals surface area contributed by atoms with Gasteiger partial charge in [-0.2, -0.15) is 0 Å². The van der Waals surface area contributed by atoms with E-state index in [0.29, 0.717) is 17.0 Å². The van der Waals surface area contributed by atoms with Crippen LogP contribution in [0, 0.1) is 5.82 Å². The summed E-state index contributed by atoms with van der Waals surface area (Å²) in [5.74, 6) is -1.28. The lowest BCUT2D eigenvalue weighted by atomic mass is 10.1. The van der Waals surface area contributed by atoms with Crippen molar-refractivity contribution in [2.45, 2.75) is 25.1 Å². The molecule has 0 bridgehead atoms. The maximum Gasteiger partial charge on any atom is 0.344 e. The molecule has 2 aliphatic heterocycles. The predicted molar refractivity (Wildman–Crippen MR) is 103 cm³/mol. The van der Waals surface area contributed by atoms with Gasteiger partial charge in [0, 0.05) is 17.7 Å². The first-order valence-electron chi connectivity index (χ1n) is 9.28. The van der Waals surface area contributed by atoms with Gasteiger partial charge in [0.1, 0.15) is 17.4 Å². The van der Waals surface area contributed by atoms with Gasteiger partial charge in [-0.1, -0.05) is 0 Å². The molecule has 2 amide bonds. The molecule has 0 spiro atoms. The lowest BCUT2D eigenvalue weighted by Crippen LogP contribution is -2.43. The summed E-state index contributed by atoms with van der Waals surface area (Å²) in [4.78, 5) is 39.3. The van der Waals surface area contributed by atoms with Crippen molar-refractivity contribution in [1.29, 1.82) is 0 Å². The summed E-state index contributed by atoms with van der Waals surface area (Å²) in [7, 11) is 2.85. The van der Waals surface area contributed by atoms with Crippen LogP contribution in [0.4, 0.5) is 10.1 Å². The van der Waals surface area contributed by atoms with E-state index >= 15 is 0 Å². The maximum absolute atomic E-state index is 13.1. The maximum atomic E-state index is 13.1. The van der Waals surface area contributed by atoms with Crippen molar-refractivity contribution >= 4 is 23.5 Å². The Bertz CT molecular complexity index is 1020. The van der Waals surface area contributed by atoms with Crippen LogP contribution in [0.5, 0.6) is 11.5 Å². The Morgan fingerprint density at radius 2 is 1.87 bits per heavy atom. The summed E-state index contributed by atoms with van der Waals surface area (Å²) in [5, 5.41) is 2.68. The molecule has 2 atom stereocenters. The number of rotatable bonds is 5. The normalized spacial score (nSPS) is 20.0. The van der Waals surface area contributed by atoms with Crippen LogP contribution in [0.2, 0.25) is 0 Å². The van der Waals surface area contributed by atoms with Crippen molar-refractivity contribution in [1.82, 2.24) is 4.90 Å². The molecule has 2 heterocycles. The van der Waals surface area contributed by atoms with Crippen molar-refractivity contribution in [3.05, 3.63) is 53.3 Å². The van der Waals surface area contributed by atoms with Crippen LogP contribution in [-0.2, 0) is 14.3 Å². The number of methoxy groups -OCH3 is 2. The van der Waals surface area contributed by atoms with Gasteiger partial charge in [0.05, 0.1) is 14.2 Å². The number of hydrogen-bond acceptors (Lipinski definition) is 6. The van der Waals surface area contributed by atoms with Crippen LogP contribution < -0.4 is 14.8 Å². The van der Waals surface area contributed by atoms with Gasteiger partial charge in [-0.25, -0.2) is 9.18 Å². The number of benzene rings is 2. The number of fused-ring (bicyclic) bond motifs is 1. The average Bonchev–Trinajstić information content (AvgIpc) is 3.28. The Hall–Kier alpha value is -3.62. The first kappa shape index (κ1) is 19.7. The highest BCUT2D eigenvalue weighted by Crippen LogP contribution is 2.45. The molecule has 0 aliphatic carbocycles. The fraction of sp³-hybridized carbons (Fsp3) is 0.286. The van der Waals surface area contributed by atoms with Gasteiger partial charge >= 0.3 is 5.97 Å². The van der Waals surface area contributed by atoms with E-state index in [1.807, 2.05) is 0 Å². The molecule has 2 aromatic carbocycles. The summed E-state index contributed by atoms with van der Waals surface area (Å²) in [6.45, 7) is 0. The van der Waals surface area contributed by atoms with Crippen LogP contribution in [-0.4, -0.2) is 42.9 Å². The van der Waals surface area contributed by atoms with Gasteiger partial charge < -0.3 is 19.5 Å². The molecule has 0 saturated carbocycles. The zero-order chi connectivity index (χ0) is 21.4.